The number of aryl methyl sites for hydroxylation is 1. The van der Waals surface area contributed by atoms with Crippen LogP contribution in [-0.2, 0) is 11.3 Å². The van der Waals surface area contributed by atoms with E-state index in [1.807, 2.05) is 4.90 Å². The molecule has 1 aromatic rings. The van der Waals surface area contributed by atoms with Gasteiger partial charge in [-0.3, -0.25) is 9.69 Å². The van der Waals surface area contributed by atoms with E-state index in [0.717, 1.165) is 26.2 Å². The van der Waals surface area contributed by atoms with Crippen LogP contribution in [0.5, 0.6) is 0 Å². The number of carbonyl (C=O) groups is 1. The van der Waals surface area contributed by atoms with Crippen molar-refractivity contribution in [2.75, 3.05) is 26.2 Å². The molecule has 2 heterocycles. The maximum atomic E-state index is 12.1. The van der Waals surface area contributed by atoms with Crippen LogP contribution in [0.25, 0.3) is 0 Å². The Labute approximate surface area is 120 Å². The second kappa shape index (κ2) is 5.91. The van der Waals surface area contributed by atoms with Crippen molar-refractivity contribution >= 4 is 5.91 Å². The first-order valence-corrected chi connectivity index (χ1v) is 7.12. The summed E-state index contributed by atoms with van der Waals surface area (Å²) < 4.78 is 5.38. The van der Waals surface area contributed by atoms with Gasteiger partial charge in [0.1, 0.15) is 0 Å². The van der Waals surface area contributed by atoms with Gasteiger partial charge in [0.05, 0.1) is 6.54 Å². The zero-order valence-corrected chi connectivity index (χ0v) is 12.8. The minimum absolute atomic E-state index is 0.0511. The van der Waals surface area contributed by atoms with Crippen LogP contribution in [0.15, 0.2) is 4.42 Å². The first-order valence-electron chi connectivity index (χ1n) is 7.12. The molecule has 6 heteroatoms. The number of aromatic nitrogens is 2. The largest absolute Gasteiger partial charge is 0.424 e. The van der Waals surface area contributed by atoms with Crippen LogP contribution in [0, 0.1) is 12.3 Å². The molecule has 20 heavy (non-hydrogen) atoms. The van der Waals surface area contributed by atoms with Crippen LogP contribution in [0.1, 0.15) is 39.0 Å². The molecule has 112 valence electrons. The second-order valence-corrected chi connectivity index (χ2v) is 6.61. The van der Waals surface area contributed by atoms with Crippen molar-refractivity contribution in [2.24, 2.45) is 5.41 Å². The zero-order valence-electron chi connectivity index (χ0n) is 12.8. The molecule has 6 nitrogen and oxygen atoms in total. The number of hydrogen-bond acceptors (Lipinski definition) is 5. The van der Waals surface area contributed by atoms with Gasteiger partial charge in [-0.2, -0.15) is 0 Å². The first-order chi connectivity index (χ1) is 9.33. The number of amides is 1. The Hall–Kier alpha value is -1.43. The fraction of sp³-hybridized carbons (Fsp3) is 0.786. The van der Waals surface area contributed by atoms with Crippen LogP contribution in [0.2, 0.25) is 0 Å². The first kappa shape index (κ1) is 15.0. The molecule has 0 aliphatic carbocycles. The van der Waals surface area contributed by atoms with Gasteiger partial charge in [0.15, 0.2) is 0 Å². The highest BCUT2D eigenvalue weighted by molar-refractivity contribution is 5.76. The average Bonchev–Trinajstić information content (AvgIpc) is 2.73. The number of nitrogens with zero attached hydrogens (tertiary/aromatic N) is 4. The van der Waals surface area contributed by atoms with E-state index in [1.165, 1.54) is 0 Å². The molecule has 0 aromatic carbocycles. The van der Waals surface area contributed by atoms with Gasteiger partial charge in [-0.15, -0.1) is 10.2 Å². The third kappa shape index (κ3) is 4.30. The third-order valence-electron chi connectivity index (χ3n) is 3.33. The van der Waals surface area contributed by atoms with Gasteiger partial charge in [-0.05, 0) is 5.41 Å². The Bertz CT molecular complexity index is 456. The van der Waals surface area contributed by atoms with Crippen LogP contribution < -0.4 is 0 Å². The van der Waals surface area contributed by atoms with E-state index in [1.54, 1.807) is 6.92 Å². The average molecular weight is 280 g/mol. The predicted molar refractivity (Wildman–Crippen MR) is 75.0 cm³/mol. The molecule has 1 amide bonds. The number of rotatable bonds is 3. The van der Waals surface area contributed by atoms with Crippen molar-refractivity contribution in [1.82, 2.24) is 20.0 Å². The van der Waals surface area contributed by atoms with Crippen molar-refractivity contribution in [2.45, 2.75) is 40.7 Å². The van der Waals surface area contributed by atoms with E-state index in [4.69, 9.17) is 4.42 Å². The smallest absolute Gasteiger partial charge is 0.230 e. The molecule has 1 saturated heterocycles. The van der Waals surface area contributed by atoms with Crippen LogP contribution in [-0.4, -0.2) is 52.1 Å². The monoisotopic (exact) mass is 280 g/mol. The van der Waals surface area contributed by atoms with Gasteiger partial charge in [0.25, 0.3) is 0 Å². The summed E-state index contributed by atoms with van der Waals surface area (Å²) in [5.74, 6) is 1.50. The molecular formula is C14H24N4O2. The lowest BCUT2D eigenvalue weighted by Crippen LogP contribution is -2.48. The molecule has 0 N–H and O–H groups in total. The molecule has 0 saturated carbocycles. The van der Waals surface area contributed by atoms with Crippen molar-refractivity contribution in [3.8, 4) is 0 Å². The summed E-state index contributed by atoms with van der Waals surface area (Å²) in [5.41, 5.74) is 0.0511. The van der Waals surface area contributed by atoms with Crippen LogP contribution >= 0.6 is 0 Å². The van der Waals surface area contributed by atoms with E-state index in [-0.39, 0.29) is 11.3 Å². The van der Waals surface area contributed by atoms with Crippen LogP contribution in [0.4, 0.5) is 0 Å². The molecular weight excluding hydrogens is 256 g/mol. The second-order valence-electron chi connectivity index (χ2n) is 6.61. The van der Waals surface area contributed by atoms with Crippen molar-refractivity contribution < 1.29 is 9.21 Å². The molecule has 1 fully saturated rings. The molecule has 2 rings (SSSR count). The van der Waals surface area contributed by atoms with E-state index in [0.29, 0.717) is 24.7 Å². The Morgan fingerprint density at radius 3 is 2.35 bits per heavy atom. The maximum absolute atomic E-state index is 12.1. The maximum Gasteiger partial charge on any atom is 0.230 e. The summed E-state index contributed by atoms with van der Waals surface area (Å²) in [5, 5.41) is 7.83. The van der Waals surface area contributed by atoms with E-state index in [2.05, 4.69) is 35.9 Å². The Kier molecular flexibility index (Phi) is 4.42. The number of carbonyl (C=O) groups excluding carboxylic acids is 1. The van der Waals surface area contributed by atoms with E-state index >= 15 is 0 Å². The summed E-state index contributed by atoms with van der Waals surface area (Å²) in [6.07, 6.45) is 0.607. The van der Waals surface area contributed by atoms with Crippen molar-refractivity contribution in [3.63, 3.8) is 0 Å². The minimum atomic E-state index is 0.0511. The summed E-state index contributed by atoms with van der Waals surface area (Å²) >= 11 is 0. The summed E-state index contributed by atoms with van der Waals surface area (Å²) in [7, 11) is 0. The molecule has 0 unspecified atom stereocenters. The SMILES string of the molecule is Cc1nnc(CN2CCN(C(=O)CC(C)(C)C)CC2)o1. The third-order valence-corrected chi connectivity index (χ3v) is 3.33. The fourth-order valence-corrected chi connectivity index (χ4v) is 2.31. The van der Waals surface area contributed by atoms with Gasteiger partial charge in [-0.1, -0.05) is 20.8 Å². The fourth-order valence-electron chi connectivity index (χ4n) is 2.31. The lowest BCUT2D eigenvalue weighted by atomic mass is 9.91. The molecule has 0 atom stereocenters. The van der Waals surface area contributed by atoms with Crippen LogP contribution in [0.3, 0.4) is 0 Å². The standard InChI is InChI=1S/C14H24N4O2/c1-11-15-16-12(20-11)10-17-5-7-18(8-6-17)13(19)9-14(2,3)4/h5-10H2,1-4H3. The van der Waals surface area contributed by atoms with E-state index < -0.39 is 0 Å². The van der Waals surface area contributed by atoms with Gasteiger partial charge < -0.3 is 9.32 Å². The van der Waals surface area contributed by atoms with Gasteiger partial charge in [0.2, 0.25) is 17.7 Å². The summed E-state index contributed by atoms with van der Waals surface area (Å²) in [6, 6.07) is 0. The predicted octanol–water partition coefficient (Wildman–Crippen LogP) is 1.46. The normalized spacial score (nSPS) is 17.5. The molecule has 0 radical (unpaired) electrons. The lowest BCUT2D eigenvalue weighted by Gasteiger charge is -2.35. The van der Waals surface area contributed by atoms with Gasteiger partial charge in [0, 0.05) is 39.5 Å². The molecule has 1 aliphatic rings. The highest BCUT2D eigenvalue weighted by Crippen LogP contribution is 2.20. The lowest BCUT2D eigenvalue weighted by molar-refractivity contribution is -0.134. The summed E-state index contributed by atoms with van der Waals surface area (Å²) in [4.78, 5) is 16.4. The van der Waals surface area contributed by atoms with Crippen molar-refractivity contribution in [3.05, 3.63) is 11.8 Å². The van der Waals surface area contributed by atoms with E-state index in [9.17, 15) is 4.79 Å². The highest BCUT2D eigenvalue weighted by Gasteiger charge is 2.25. The van der Waals surface area contributed by atoms with Crippen molar-refractivity contribution in [1.29, 1.82) is 0 Å². The number of piperazine rings is 1. The Morgan fingerprint density at radius 1 is 1.20 bits per heavy atom. The Morgan fingerprint density at radius 2 is 1.85 bits per heavy atom. The highest BCUT2D eigenvalue weighted by atomic mass is 16.4. The summed E-state index contributed by atoms with van der Waals surface area (Å²) in [6.45, 7) is 12.0. The topological polar surface area (TPSA) is 62.5 Å². The quantitative estimate of drug-likeness (QED) is 0.838. The van der Waals surface area contributed by atoms with Gasteiger partial charge in [-0.25, -0.2) is 0 Å². The van der Waals surface area contributed by atoms with Gasteiger partial charge >= 0.3 is 0 Å². The Balaban J connectivity index is 1.79. The molecule has 1 aliphatic heterocycles. The number of hydrogen-bond donors (Lipinski definition) is 0. The zero-order chi connectivity index (χ0) is 14.8. The molecule has 0 bridgehead atoms. The molecule has 1 aromatic heterocycles. The minimum Gasteiger partial charge on any atom is -0.424 e. The molecule has 0 spiro atoms.